The van der Waals surface area contributed by atoms with Gasteiger partial charge in [0.25, 0.3) is 0 Å². The van der Waals surface area contributed by atoms with Gasteiger partial charge in [-0.15, -0.1) is 0 Å². The molecule has 0 aliphatic carbocycles. The van der Waals surface area contributed by atoms with Crippen LogP contribution in [0, 0.1) is 0 Å². The zero-order valence-corrected chi connectivity index (χ0v) is 8.79. The largest absolute Gasteiger partial charge is 0.465 e. The molecule has 0 rings (SSSR count). The van der Waals surface area contributed by atoms with Crippen molar-refractivity contribution in [1.29, 1.82) is 0 Å². The molecule has 0 spiro atoms. The molecule has 0 fully saturated rings. The number of carbonyl (C=O) groups is 1. The number of esters is 1. The maximum absolute atomic E-state index is 10.9. The lowest BCUT2D eigenvalue weighted by molar-refractivity contribution is -0.144. The smallest absolute Gasteiger partial charge is 0.322 e. The van der Waals surface area contributed by atoms with E-state index in [2.05, 4.69) is 4.74 Å². The minimum absolute atomic E-state index is 0.0486. The molecule has 3 N–H and O–H groups in total. The predicted molar refractivity (Wildman–Crippen MR) is 49.8 cm³/mol. The van der Waals surface area contributed by atoms with Gasteiger partial charge in [-0.25, -0.2) is 0 Å². The van der Waals surface area contributed by atoms with Crippen LogP contribution in [0.1, 0.15) is 13.3 Å². The molecule has 0 heterocycles. The van der Waals surface area contributed by atoms with E-state index in [1.165, 1.54) is 6.66 Å². The molecule has 5 nitrogen and oxygen atoms in total. The Kier molecular flexibility index (Phi) is 5.21. The van der Waals surface area contributed by atoms with E-state index in [0.29, 0.717) is 0 Å². The Morgan fingerprint density at radius 3 is 2.62 bits per heavy atom. The van der Waals surface area contributed by atoms with Crippen LogP contribution in [0.2, 0.25) is 0 Å². The highest BCUT2D eigenvalue weighted by atomic mass is 31.2. The van der Waals surface area contributed by atoms with Gasteiger partial charge in [-0.1, -0.05) is 0 Å². The van der Waals surface area contributed by atoms with Crippen LogP contribution in [0.25, 0.3) is 0 Å². The predicted octanol–water partition coefficient (Wildman–Crippen LogP) is 0.167. The monoisotopic (exact) mass is 209 g/mol. The summed E-state index contributed by atoms with van der Waals surface area (Å²) in [4.78, 5) is 19.9. The van der Waals surface area contributed by atoms with Crippen LogP contribution in [-0.4, -0.2) is 36.3 Å². The van der Waals surface area contributed by atoms with Crippen molar-refractivity contribution in [1.82, 2.24) is 0 Å². The van der Waals surface area contributed by atoms with Crippen LogP contribution in [-0.2, 0) is 14.1 Å². The summed E-state index contributed by atoms with van der Waals surface area (Å²) in [6.07, 6.45) is 0.232. The van der Waals surface area contributed by atoms with Gasteiger partial charge in [0.1, 0.15) is 6.04 Å². The van der Waals surface area contributed by atoms with Crippen LogP contribution in [0.5, 0.6) is 0 Å². The lowest BCUT2D eigenvalue weighted by Gasteiger charge is -2.11. The molecule has 0 aromatic heterocycles. The molecule has 0 aromatic carbocycles. The van der Waals surface area contributed by atoms with Crippen molar-refractivity contribution in [2.45, 2.75) is 19.4 Å². The summed E-state index contributed by atoms with van der Waals surface area (Å²) >= 11 is 0. The van der Waals surface area contributed by atoms with Crippen molar-refractivity contribution in [3.8, 4) is 0 Å². The molecule has 0 radical (unpaired) electrons. The standard InChI is InChI=1S/C7H16NO4P/c1-3-12-7(9)6(8)4-5-13(2,10)11/h6H,3-5,8H2,1-2H3,(H,10,11)/t6-/m0/s1. The molecule has 0 amide bonds. The average molecular weight is 209 g/mol. The Morgan fingerprint density at radius 2 is 2.23 bits per heavy atom. The first kappa shape index (κ1) is 12.6. The van der Waals surface area contributed by atoms with Crippen molar-refractivity contribution < 1.29 is 19.0 Å². The zero-order chi connectivity index (χ0) is 10.5. The highest BCUT2D eigenvalue weighted by Crippen LogP contribution is 2.35. The lowest BCUT2D eigenvalue weighted by Crippen LogP contribution is -2.33. The fourth-order valence-electron chi connectivity index (χ4n) is 0.746. The summed E-state index contributed by atoms with van der Waals surface area (Å²) in [6, 6.07) is -0.791. The maximum Gasteiger partial charge on any atom is 0.322 e. The van der Waals surface area contributed by atoms with Crippen molar-refractivity contribution in [3.63, 3.8) is 0 Å². The molecular formula is C7H16NO4P. The summed E-state index contributed by atoms with van der Waals surface area (Å²) in [5.74, 6) is -0.518. The summed E-state index contributed by atoms with van der Waals surface area (Å²) in [5, 5.41) is 0. The van der Waals surface area contributed by atoms with Crippen LogP contribution in [0.3, 0.4) is 0 Å². The molecule has 0 aliphatic heterocycles. The van der Waals surface area contributed by atoms with E-state index in [0.717, 1.165) is 0 Å². The lowest BCUT2D eigenvalue weighted by atomic mass is 10.2. The van der Waals surface area contributed by atoms with E-state index in [-0.39, 0.29) is 19.2 Å². The quantitative estimate of drug-likeness (QED) is 0.497. The molecule has 0 aromatic rings. The molecule has 0 aliphatic rings. The van der Waals surface area contributed by atoms with E-state index in [4.69, 9.17) is 10.6 Å². The fourth-order valence-corrected chi connectivity index (χ4v) is 1.50. The summed E-state index contributed by atoms with van der Waals surface area (Å²) < 4.78 is 15.5. The van der Waals surface area contributed by atoms with Gasteiger partial charge in [0, 0.05) is 12.8 Å². The number of rotatable bonds is 5. The molecule has 0 saturated carbocycles. The normalized spacial score (nSPS) is 17.5. The Balaban J connectivity index is 3.81. The molecule has 78 valence electrons. The average Bonchev–Trinajstić information content (AvgIpc) is 1.99. The van der Waals surface area contributed by atoms with Crippen molar-refractivity contribution >= 4 is 13.3 Å². The number of carbonyl (C=O) groups excluding carboxylic acids is 1. The van der Waals surface area contributed by atoms with Gasteiger partial charge in [0.2, 0.25) is 0 Å². The van der Waals surface area contributed by atoms with E-state index >= 15 is 0 Å². The number of ether oxygens (including phenoxy) is 1. The van der Waals surface area contributed by atoms with Crippen LogP contribution in [0.4, 0.5) is 0 Å². The molecule has 0 bridgehead atoms. The first-order valence-electron chi connectivity index (χ1n) is 4.08. The van der Waals surface area contributed by atoms with Crippen LogP contribution in [0.15, 0.2) is 0 Å². The minimum Gasteiger partial charge on any atom is -0.465 e. The third-order valence-electron chi connectivity index (χ3n) is 1.44. The molecular weight excluding hydrogens is 193 g/mol. The fraction of sp³-hybridized carbons (Fsp3) is 0.857. The molecule has 6 heteroatoms. The third-order valence-corrected chi connectivity index (χ3v) is 2.53. The van der Waals surface area contributed by atoms with Crippen LogP contribution < -0.4 is 5.73 Å². The first-order chi connectivity index (χ1) is 5.87. The van der Waals surface area contributed by atoms with Crippen LogP contribution >= 0.6 is 7.37 Å². The topological polar surface area (TPSA) is 89.6 Å². The van der Waals surface area contributed by atoms with E-state index < -0.39 is 19.4 Å². The van der Waals surface area contributed by atoms with Gasteiger partial charge in [-0.2, -0.15) is 0 Å². The van der Waals surface area contributed by atoms with E-state index in [9.17, 15) is 9.36 Å². The van der Waals surface area contributed by atoms with E-state index in [1.54, 1.807) is 6.92 Å². The Morgan fingerprint density at radius 1 is 1.69 bits per heavy atom. The highest BCUT2D eigenvalue weighted by Gasteiger charge is 2.18. The SMILES string of the molecule is CCOC(=O)[C@@H](N)CCP(C)(=O)O. The van der Waals surface area contributed by atoms with Gasteiger partial charge >= 0.3 is 5.97 Å². The van der Waals surface area contributed by atoms with Gasteiger partial charge in [-0.3, -0.25) is 9.36 Å². The second kappa shape index (κ2) is 5.37. The zero-order valence-electron chi connectivity index (χ0n) is 7.90. The van der Waals surface area contributed by atoms with Gasteiger partial charge < -0.3 is 15.4 Å². The molecule has 1 unspecified atom stereocenters. The summed E-state index contributed by atoms with van der Waals surface area (Å²) in [7, 11) is -3.07. The second-order valence-corrected chi connectivity index (χ2v) is 5.47. The van der Waals surface area contributed by atoms with Crippen molar-refractivity contribution in [2.24, 2.45) is 5.73 Å². The van der Waals surface area contributed by atoms with Crippen molar-refractivity contribution in [3.05, 3.63) is 0 Å². The Labute approximate surface area is 77.7 Å². The Bertz CT molecular complexity index is 213. The molecule has 0 saturated heterocycles. The minimum atomic E-state index is -3.07. The van der Waals surface area contributed by atoms with Gasteiger partial charge in [0.15, 0.2) is 7.37 Å². The second-order valence-electron chi connectivity index (χ2n) is 2.92. The maximum atomic E-state index is 10.9. The first-order valence-corrected chi connectivity index (χ1v) is 6.37. The third kappa shape index (κ3) is 6.75. The summed E-state index contributed by atoms with van der Waals surface area (Å²) in [5.41, 5.74) is 5.40. The highest BCUT2D eigenvalue weighted by molar-refractivity contribution is 7.57. The number of hydrogen-bond acceptors (Lipinski definition) is 4. The van der Waals surface area contributed by atoms with E-state index in [1.807, 2.05) is 0 Å². The number of hydrogen-bond donors (Lipinski definition) is 2. The number of nitrogens with two attached hydrogens (primary N) is 1. The van der Waals surface area contributed by atoms with Crippen molar-refractivity contribution in [2.75, 3.05) is 19.4 Å². The Hall–Kier alpha value is -0.380. The van der Waals surface area contributed by atoms with Gasteiger partial charge in [-0.05, 0) is 13.3 Å². The molecule has 2 atom stereocenters. The summed E-state index contributed by atoms with van der Waals surface area (Å²) in [6.45, 7) is 3.20. The van der Waals surface area contributed by atoms with Gasteiger partial charge in [0.05, 0.1) is 6.61 Å². The molecule has 13 heavy (non-hydrogen) atoms.